The first kappa shape index (κ1) is 5.05. The van der Waals surface area contributed by atoms with Crippen LogP contribution in [0.15, 0.2) is 0 Å². The smallest absolute Gasteiger partial charge is 0.322 e. The van der Waals surface area contributed by atoms with E-state index in [0.717, 1.165) is 19.4 Å². The fraction of sp³-hybridized carbons (Fsp3) is 0.800. The molecule has 2 aliphatic heterocycles. The Morgan fingerprint density at radius 3 is 2.78 bits per heavy atom. The molecule has 2 saturated heterocycles. The van der Waals surface area contributed by atoms with Crippen molar-refractivity contribution >= 4 is 6.03 Å². The highest BCUT2D eigenvalue weighted by atomic mass is 16.5. The first-order chi connectivity index (χ1) is 4.31. The van der Waals surface area contributed by atoms with E-state index < -0.39 is 5.85 Å². The Morgan fingerprint density at radius 2 is 2.33 bits per heavy atom. The molecule has 0 aromatic carbocycles. The number of urea groups is 1. The first-order valence-electron chi connectivity index (χ1n) is 3.05. The first-order valence-corrected chi connectivity index (χ1v) is 3.05. The molecule has 2 rings (SSSR count). The summed E-state index contributed by atoms with van der Waals surface area (Å²) in [6.45, 7) is 0.743. The zero-order valence-corrected chi connectivity index (χ0v) is 4.94. The van der Waals surface area contributed by atoms with Gasteiger partial charge in [-0.05, 0) is 6.42 Å². The van der Waals surface area contributed by atoms with Crippen LogP contribution in [-0.4, -0.2) is 18.5 Å². The van der Waals surface area contributed by atoms with Gasteiger partial charge in [0.2, 0.25) is 5.85 Å². The Kier molecular flexibility index (Phi) is 0.778. The predicted molar refractivity (Wildman–Crippen MR) is 29.6 cm³/mol. The third kappa shape index (κ3) is 0.595. The summed E-state index contributed by atoms with van der Waals surface area (Å²) in [6, 6.07) is -0.128. The predicted octanol–water partition coefficient (Wildman–Crippen LogP) is -0.237. The van der Waals surface area contributed by atoms with Gasteiger partial charge in [0.15, 0.2) is 0 Å². The van der Waals surface area contributed by atoms with Crippen molar-refractivity contribution in [1.29, 1.82) is 0 Å². The van der Waals surface area contributed by atoms with E-state index in [2.05, 4.69) is 10.6 Å². The van der Waals surface area contributed by atoms with Gasteiger partial charge in [0.05, 0.1) is 6.61 Å². The third-order valence-electron chi connectivity index (χ3n) is 1.65. The second-order valence-electron chi connectivity index (χ2n) is 2.36. The summed E-state index contributed by atoms with van der Waals surface area (Å²) in [5.74, 6) is -0.461. The average molecular weight is 128 g/mol. The molecule has 0 aromatic rings. The maximum Gasteiger partial charge on any atom is 0.322 e. The Balaban J connectivity index is 2.03. The lowest BCUT2D eigenvalue weighted by Gasteiger charge is -2.38. The second kappa shape index (κ2) is 1.39. The van der Waals surface area contributed by atoms with Gasteiger partial charge in [0.25, 0.3) is 0 Å². The van der Waals surface area contributed by atoms with Crippen LogP contribution in [0.2, 0.25) is 0 Å². The van der Waals surface area contributed by atoms with E-state index in [0.29, 0.717) is 0 Å². The van der Waals surface area contributed by atoms with Gasteiger partial charge in [0, 0.05) is 6.42 Å². The van der Waals surface area contributed by atoms with E-state index in [1.54, 1.807) is 0 Å². The van der Waals surface area contributed by atoms with Crippen LogP contribution in [0.4, 0.5) is 4.79 Å². The summed E-state index contributed by atoms with van der Waals surface area (Å²) in [6.07, 6.45) is 1.91. The van der Waals surface area contributed by atoms with Crippen LogP contribution in [0.1, 0.15) is 12.8 Å². The fourth-order valence-corrected chi connectivity index (χ4v) is 1.20. The van der Waals surface area contributed by atoms with E-state index in [1.165, 1.54) is 0 Å². The molecule has 2 amide bonds. The molecule has 9 heavy (non-hydrogen) atoms. The van der Waals surface area contributed by atoms with Crippen LogP contribution in [0.5, 0.6) is 0 Å². The van der Waals surface area contributed by atoms with Gasteiger partial charge in [-0.1, -0.05) is 0 Å². The lowest BCUT2D eigenvalue weighted by Crippen LogP contribution is -2.73. The number of carbonyl (C=O) groups excluding carboxylic acids is 1. The summed E-state index contributed by atoms with van der Waals surface area (Å²) in [4.78, 5) is 10.4. The van der Waals surface area contributed by atoms with Gasteiger partial charge in [-0.3, -0.25) is 10.6 Å². The normalized spacial score (nSPS) is 29.1. The largest absolute Gasteiger partial charge is 0.338 e. The van der Waals surface area contributed by atoms with Crippen molar-refractivity contribution in [2.75, 3.05) is 6.61 Å². The van der Waals surface area contributed by atoms with Gasteiger partial charge < -0.3 is 4.74 Å². The van der Waals surface area contributed by atoms with Gasteiger partial charge in [-0.2, -0.15) is 0 Å². The van der Waals surface area contributed by atoms with E-state index in [1.807, 2.05) is 0 Å². The molecule has 2 aliphatic rings. The topological polar surface area (TPSA) is 50.4 Å². The summed E-state index contributed by atoms with van der Waals surface area (Å²) in [5, 5.41) is 5.29. The van der Waals surface area contributed by atoms with Crippen LogP contribution in [0, 0.1) is 0 Å². The molecule has 0 atom stereocenters. The monoisotopic (exact) mass is 128 g/mol. The summed E-state index contributed by atoms with van der Waals surface area (Å²) < 4.78 is 5.20. The van der Waals surface area contributed by atoms with Crippen LogP contribution in [0.25, 0.3) is 0 Å². The maximum atomic E-state index is 10.4. The molecule has 2 N–H and O–H groups in total. The fourth-order valence-electron chi connectivity index (χ4n) is 1.20. The van der Waals surface area contributed by atoms with Crippen molar-refractivity contribution in [3.8, 4) is 0 Å². The summed E-state index contributed by atoms with van der Waals surface area (Å²) in [5.41, 5.74) is 0. The van der Waals surface area contributed by atoms with Crippen molar-refractivity contribution in [3.63, 3.8) is 0 Å². The van der Waals surface area contributed by atoms with Crippen molar-refractivity contribution in [3.05, 3.63) is 0 Å². The Morgan fingerprint density at radius 1 is 1.56 bits per heavy atom. The molecule has 4 nitrogen and oxygen atoms in total. The Labute approximate surface area is 52.6 Å². The highest BCUT2D eigenvalue weighted by molar-refractivity contribution is 5.81. The van der Waals surface area contributed by atoms with E-state index in [-0.39, 0.29) is 6.03 Å². The molecular weight excluding hydrogens is 120 g/mol. The van der Waals surface area contributed by atoms with E-state index in [4.69, 9.17) is 4.74 Å². The molecule has 0 aromatic heterocycles. The minimum atomic E-state index is -0.461. The number of rotatable bonds is 0. The number of nitrogens with one attached hydrogen (secondary N) is 2. The van der Waals surface area contributed by atoms with Crippen molar-refractivity contribution in [2.24, 2.45) is 0 Å². The maximum absolute atomic E-state index is 10.4. The zero-order valence-electron chi connectivity index (χ0n) is 4.94. The van der Waals surface area contributed by atoms with Crippen LogP contribution in [0.3, 0.4) is 0 Å². The van der Waals surface area contributed by atoms with Gasteiger partial charge in [0.1, 0.15) is 0 Å². The molecule has 2 fully saturated rings. The zero-order chi connectivity index (χ0) is 6.32. The molecule has 0 aliphatic carbocycles. The van der Waals surface area contributed by atoms with Gasteiger partial charge in [-0.25, -0.2) is 4.79 Å². The molecule has 0 unspecified atom stereocenters. The SMILES string of the molecule is O=C1NC2(CCCO2)N1. The minimum Gasteiger partial charge on any atom is -0.338 e. The van der Waals surface area contributed by atoms with Crippen LogP contribution in [-0.2, 0) is 4.74 Å². The molecule has 0 saturated carbocycles. The molecule has 0 radical (unpaired) electrons. The summed E-state index contributed by atoms with van der Waals surface area (Å²) in [7, 11) is 0. The van der Waals surface area contributed by atoms with E-state index in [9.17, 15) is 4.79 Å². The lowest BCUT2D eigenvalue weighted by molar-refractivity contribution is -0.0650. The standard InChI is InChI=1S/C5H8N2O2/c8-4-6-5(7-4)2-1-3-9-5/h1-3H2,(H2,6,7,8). The minimum absolute atomic E-state index is 0.128. The molecule has 1 spiro atoms. The number of amides is 2. The number of hydrogen-bond acceptors (Lipinski definition) is 2. The van der Waals surface area contributed by atoms with E-state index >= 15 is 0 Å². The molecule has 50 valence electrons. The van der Waals surface area contributed by atoms with Crippen molar-refractivity contribution in [1.82, 2.24) is 10.6 Å². The second-order valence-corrected chi connectivity index (χ2v) is 2.36. The molecule has 2 heterocycles. The van der Waals surface area contributed by atoms with Crippen LogP contribution >= 0.6 is 0 Å². The average Bonchev–Trinajstić information content (AvgIpc) is 2.12. The van der Waals surface area contributed by atoms with Crippen molar-refractivity contribution < 1.29 is 9.53 Å². The molecular formula is C5H8N2O2. The molecule has 0 bridgehead atoms. The molecule has 4 heteroatoms. The number of hydrogen-bond donors (Lipinski definition) is 2. The highest BCUT2D eigenvalue weighted by Crippen LogP contribution is 2.23. The number of carbonyl (C=O) groups is 1. The quantitative estimate of drug-likeness (QED) is 0.473. The lowest BCUT2D eigenvalue weighted by atomic mass is 10.2. The van der Waals surface area contributed by atoms with Crippen molar-refractivity contribution in [2.45, 2.75) is 18.7 Å². The number of ether oxygens (including phenoxy) is 1. The third-order valence-corrected chi connectivity index (χ3v) is 1.65. The summed E-state index contributed by atoms with van der Waals surface area (Å²) >= 11 is 0. The Hall–Kier alpha value is -0.770. The highest BCUT2D eigenvalue weighted by Gasteiger charge is 2.45. The Bertz CT molecular complexity index is 141. The van der Waals surface area contributed by atoms with Crippen LogP contribution < -0.4 is 10.6 Å². The van der Waals surface area contributed by atoms with Gasteiger partial charge in [-0.15, -0.1) is 0 Å². The van der Waals surface area contributed by atoms with Gasteiger partial charge >= 0.3 is 6.03 Å².